The molecule has 0 atom stereocenters. The van der Waals surface area contributed by atoms with E-state index in [0.29, 0.717) is 18.7 Å². The van der Waals surface area contributed by atoms with E-state index in [2.05, 4.69) is 5.32 Å². The van der Waals surface area contributed by atoms with Gasteiger partial charge in [0.15, 0.2) is 0 Å². The lowest BCUT2D eigenvalue weighted by Crippen LogP contribution is -2.25. The van der Waals surface area contributed by atoms with E-state index < -0.39 is 10.1 Å². The minimum Gasteiger partial charge on any atom is -0.379 e. The number of carbonyl (C=O) groups excluding carboxylic acids is 2. The number of nitrogens with zero attached hydrogens (tertiary/aromatic N) is 1. The molecule has 2 aromatic carbocycles. The summed E-state index contributed by atoms with van der Waals surface area (Å²) in [5.41, 5.74) is 2.08. The third-order valence-corrected chi connectivity index (χ3v) is 5.24. The van der Waals surface area contributed by atoms with Gasteiger partial charge >= 0.3 is 10.1 Å². The quantitative estimate of drug-likeness (QED) is 0.829. The van der Waals surface area contributed by atoms with Crippen molar-refractivity contribution in [2.24, 2.45) is 0 Å². The minimum absolute atomic E-state index is 0.0348. The van der Waals surface area contributed by atoms with Gasteiger partial charge in [0, 0.05) is 31.8 Å². The van der Waals surface area contributed by atoms with Gasteiger partial charge < -0.3 is 14.4 Å². The van der Waals surface area contributed by atoms with Crippen LogP contribution in [-0.2, 0) is 26.1 Å². The van der Waals surface area contributed by atoms with Gasteiger partial charge in [0.25, 0.3) is 0 Å². The Labute approximate surface area is 151 Å². The molecule has 0 saturated heterocycles. The highest BCUT2D eigenvalue weighted by Gasteiger charge is 2.25. The molecule has 3 rings (SSSR count). The van der Waals surface area contributed by atoms with Crippen molar-refractivity contribution in [1.82, 2.24) is 0 Å². The number of anilines is 2. The highest BCUT2D eigenvalue weighted by atomic mass is 32.2. The van der Waals surface area contributed by atoms with Gasteiger partial charge in [-0.15, -0.1) is 0 Å². The summed E-state index contributed by atoms with van der Waals surface area (Å²) in [5.74, 6) is -0.149. The van der Waals surface area contributed by atoms with Crippen LogP contribution in [0.1, 0.15) is 19.4 Å². The lowest BCUT2D eigenvalue weighted by molar-refractivity contribution is -0.116. The Bertz CT molecular complexity index is 968. The molecule has 1 heterocycles. The molecule has 0 aliphatic carbocycles. The minimum atomic E-state index is -4.00. The Balaban J connectivity index is 1.81. The highest BCUT2D eigenvalue weighted by molar-refractivity contribution is 7.87. The number of hydrogen-bond acceptors (Lipinski definition) is 5. The average molecular weight is 374 g/mol. The van der Waals surface area contributed by atoms with Crippen molar-refractivity contribution in [2.75, 3.05) is 16.8 Å². The van der Waals surface area contributed by atoms with Crippen LogP contribution < -0.4 is 14.4 Å². The number of carbonyl (C=O) groups is 2. The van der Waals surface area contributed by atoms with E-state index in [1.165, 1.54) is 32.0 Å². The Morgan fingerprint density at radius 1 is 1.08 bits per heavy atom. The Morgan fingerprint density at radius 3 is 2.38 bits per heavy atom. The maximum Gasteiger partial charge on any atom is 0.339 e. The van der Waals surface area contributed by atoms with Crippen LogP contribution in [0.25, 0.3) is 0 Å². The summed E-state index contributed by atoms with van der Waals surface area (Å²) < 4.78 is 30.2. The first-order valence-electron chi connectivity index (χ1n) is 7.99. The van der Waals surface area contributed by atoms with E-state index in [4.69, 9.17) is 4.18 Å². The van der Waals surface area contributed by atoms with Crippen molar-refractivity contribution in [1.29, 1.82) is 0 Å². The van der Waals surface area contributed by atoms with Crippen LogP contribution in [0.4, 0.5) is 11.4 Å². The number of benzene rings is 2. The molecule has 8 heteroatoms. The molecule has 0 unspecified atom stereocenters. The number of rotatable bonds is 4. The monoisotopic (exact) mass is 374 g/mol. The highest BCUT2D eigenvalue weighted by Crippen LogP contribution is 2.31. The molecule has 2 amide bonds. The second-order valence-corrected chi connectivity index (χ2v) is 7.50. The largest absolute Gasteiger partial charge is 0.379 e. The van der Waals surface area contributed by atoms with Crippen molar-refractivity contribution in [3.63, 3.8) is 0 Å². The predicted octanol–water partition coefficient (Wildman–Crippen LogP) is 2.32. The predicted molar refractivity (Wildman–Crippen MR) is 96.7 cm³/mol. The van der Waals surface area contributed by atoms with E-state index in [1.54, 1.807) is 29.2 Å². The second kappa shape index (κ2) is 6.80. The summed E-state index contributed by atoms with van der Waals surface area (Å²) >= 11 is 0. The van der Waals surface area contributed by atoms with Crippen molar-refractivity contribution in [2.45, 2.75) is 25.2 Å². The van der Waals surface area contributed by atoms with Gasteiger partial charge in [0.2, 0.25) is 11.8 Å². The normalized spacial score (nSPS) is 13.2. The van der Waals surface area contributed by atoms with Crippen LogP contribution in [-0.4, -0.2) is 26.8 Å². The van der Waals surface area contributed by atoms with Gasteiger partial charge in [-0.05, 0) is 54.4 Å². The lowest BCUT2D eigenvalue weighted by atomic mass is 10.2. The molecule has 2 aromatic rings. The van der Waals surface area contributed by atoms with E-state index in [9.17, 15) is 18.0 Å². The number of hydrogen-bond donors (Lipinski definition) is 1. The molecule has 26 heavy (non-hydrogen) atoms. The first-order chi connectivity index (χ1) is 12.3. The smallest absolute Gasteiger partial charge is 0.339 e. The first kappa shape index (κ1) is 17.9. The van der Waals surface area contributed by atoms with Gasteiger partial charge in [0.1, 0.15) is 10.6 Å². The molecule has 0 aromatic heterocycles. The lowest BCUT2D eigenvalue weighted by Gasteiger charge is -2.15. The molecule has 0 saturated carbocycles. The molecule has 1 N–H and O–H groups in total. The van der Waals surface area contributed by atoms with Gasteiger partial charge in [-0.25, -0.2) is 0 Å². The summed E-state index contributed by atoms with van der Waals surface area (Å²) in [4.78, 5) is 24.2. The summed E-state index contributed by atoms with van der Waals surface area (Å²) in [6.07, 6.45) is 0.601. The third-order valence-electron chi connectivity index (χ3n) is 4.00. The van der Waals surface area contributed by atoms with Crippen molar-refractivity contribution in [3.8, 4) is 5.75 Å². The maximum absolute atomic E-state index is 12.5. The van der Waals surface area contributed by atoms with E-state index in [1.807, 2.05) is 0 Å². The SMILES string of the molecule is CC(=O)Nc1ccc(OS(=O)(=O)c2ccc3c(c2)CCN3C(C)=O)cc1. The molecule has 136 valence electrons. The van der Waals surface area contributed by atoms with Crippen molar-refractivity contribution in [3.05, 3.63) is 48.0 Å². The Kier molecular flexibility index (Phi) is 4.69. The van der Waals surface area contributed by atoms with Crippen LogP contribution in [0.3, 0.4) is 0 Å². The zero-order chi connectivity index (χ0) is 18.9. The van der Waals surface area contributed by atoms with Crippen LogP contribution in [0.2, 0.25) is 0 Å². The number of fused-ring (bicyclic) bond motifs is 1. The molecule has 0 fully saturated rings. The third kappa shape index (κ3) is 3.70. The van der Waals surface area contributed by atoms with Gasteiger partial charge in [-0.3, -0.25) is 9.59 Å². The topological polar surface area (TPSA) is 92.8 Å². The standard InChI is InChI=1S/C18H18N2O5S/c1-12(21)19-15-3-5-16(6-4-15)25-26(23,24)17-7-8-18-14(11-17)9-10-20(18)13(2)22/h3-8,11H,9-10H2,1-2H3,(H,19,21). The first-order valence-corrected chi connectivity index (χ1v) is 9.40. The number of amides is 2. The van der Waals surface area contributed by atoms with Gasteiger partial charge in [0.05, 0.1) is 0 Å². The van der Waals surface area contributed by atoms with Crippen LogP contribution in [0.15, 0.2) is 47.4 Å². The molecular weight excluding hydrogens is 356 g/mol. The summed E-state index contributed by atoms with van der Waals surface area (Å²) in [6.45, 7) is 3.41. The molecule has 1 aliphatic heterocycles. The Morgan fingerprint density at radius 2 is 1.77 bits per heavy atom. The molecule has 0 radical (unpaired) electrons. The second-order valence-electron chi connectivity index (χ2n) is 5.95. The average Bonchev–Trinajstić information content (AvgIpc) is 2.99. The fourth-order valence-corrected chi connectivity index (χ4v) is 3.81. The zero-order valence-electron chi connectivity index (χ0n) is 14.4. The molecule has 7 nitrogen and oxygen atoms in total. The summed E-state index contributed by atoms with van der Waals surface area (Å²) in [7, 11) is -4.00. The summed E-state index contributed by atoms with van der Waals surface area (Å²) in [6, 6.07) is 10.6. The fraction of sp³-hybridized carbons (Fsp3) is 0.222. The summed E-state index contributed by atoms with van der Waals surface area (Å²) in [5, 5.41) is 2.59. The maximum atomic E-state index is 12.5. The van der Waals surface area contributed by atoms with Crippen LogP contribution in [0, 0.1) is 0 Å². The van der Waals surface area contributed by atoms with Gasteiger partial charge in [-0.2, -0.15) is 8.42 Å². The zero-order valence-corrected chi connectivity index (χ0v) is 15.2. The molecule has 0 bridgehead atoms. The fourth-order valence-electron chi connectivity index (χ4n) is 2.83. The number of nitrogens with one attached hydrogen (secondary N) is 1. The van der Waals surface area contributed by atoms with E-state index in [0.717, 1.165) is 11.3 Å². The van der Waals surface area contributed by atoms with Gasteiger partial charge in [-0.1, -0.05) is 0 Å². The van der Waals surface area contributed by atoms with E-state index >= 15 is 0 Å². The molecule has 0 spiro atoms. The van der Waals surface area contributed by atoms with Crippen LogP contribution in [0.5, 0.6) is 5.75 Å². The van der Waals surface area contributed by atoms with Crippen molar-refractivity contribution >= 4 is 33.3 Å². The molecule has 1 aliphatic rings. The molecular formula is C18H18N2O5S. The Hall–Kier alpha value is -2.87. The van der Waals surface area contributed by atoms with E-state index in [-0.39, 0.29) is 22.5 Å². The van der Waals surface area contributed by atoms with Crippen LogP contribution >= 0.6 is 0 Å². The van der Waals surface area contributed by atoms with Crippen molar-refractivity contribution < 1.29 is 22.2 Å².